The van der Waals surface area contributed by atoms with E-state index in [0.717, 1.165) is 44.5 Å². The van der Waals surface area contributed by atoms with E-state index < -0.39 is 0 Å². The number of benzene rings is 13. The maximum absolute atomic E-state index is 2.64. The molecule has 0 aliphatic heterocycles. The van der Waals surface area contributed by atoms with Crippen molar-refractivity contribution in [2.75, 3.05) is 0 Å². The fourth-order valence-electron chi connectivity index (χ4n) is 17.0. The van der Waals surface area contributed by atoms with Crippen LogP contribution in [0, 0.1) is 0 Å². The highest BCUT2D eigenvalue weighted by Crippen LogP contribution is 2.52. The highest BCUT2D eigenvalue weighted by molar-refractivity contribution is 6.01. The Kier molecular flexibility index (Phi) is 20.8. The molecule has 0 saturated carbocycles. The van der Waals surface area contributed by atoms with E-state index in [1.54, 1.807) is 0 Å². The first-order chi connectivity index (χ1) is 51.6. The van der Waals surface area contributed by atoms with E-state index in [1.807, 2.05) is 0 Å². The van der Waals surface area contributed by atoms with Crippen molar-refractivity contribution in [3.63, 3.8) is 0 Å². The van der Waals surface area contributed by atoms with Crippen LogP contribution in [0.1, 0.15) is 211 Å². The third kappa shape index (κ3) is 16.2. The average molecular weight is 1440 g/mol. The van der Waals surface area contributed by atoms with Gasteiger partial charge in [0.2, 0.25) is 0 Å². The van der Waals surface area contributed by atoms with Gasteiger partial charge in [0.25, 0.3) is 0 Å². The molecule has 0 heterocycles. The van der Waals surface area contributed by atoms with Crippen molar-refractivity contribution in [1.29, 1.82) is 0 Å². The van der Waals surface area contributed by atoms with Gasteiger partial charge in [-0.1, -0.05) is 360 Å². The van der Waals surface area contributed by atoms with Gasteiger partial charge in [0.1, 0.15) is 0 Å². The second-order valence-electron chi connectivity index (χ2n) is 39.5. The number of hydrogen-bond acceptors (Lipinski definition) is 0. The maximum Gasteiger partial charge on any atom is -0.00984 e. The molecule has 13 aromatic carbocycles. The van der Waals surface area contributed by atoms with Crippen LogP contribution >= 0.6 is 0 Å². The van der Waals surface area contributed by atoms with Crippen LogP contribution in [0.15, 0.2) is 279 Å². The molecule has 110 heavy (non-hydrogen) atoms. The lowest BCUT2D eigenvalue weighted by atomic mass is 9.76. The highest BCUT2D eigenvalue weighted by atomic mass is 14.3. The Morgan fingerprint density at radius 3 is 0.300 bits per heavy atom. The predicted molar refractivity (Wildman–Crippen MR) is 481 cm³/mol. The van der Waals surface area contributed by atoms with Gasteiger partial charge >= 0.3 is 0 Å². The van der Waals surface area contributed by atoms with Crippen molar-refractivity contribution in [2.45, 2.75) is 209 Å². The van der Waals surface area contributed by atoms with Crippen molar-refractivity contribution in [1.82, 2.24) is 0 Å². The predicted octanol–water partition coefficient (Wildman–Crippen LogP) is 32.1. The summed E-state index contributed by atoms with van der Waals surface area (Å²) in [4.78, 5) is 0. The van der Waals surface area contributed by atoms with E-state index >= 15 is 0 Å². The molecule has 0 aromatic heterocycles. The van der Waals surface area contributed by atoms with Crippen molar-refractivity contribution in [2.24, 2.45) is 0 Å². The fourth-order valence-corrected chi connectivity index (χ4v) is 17.0. The lowest BCUT2D eigenvalue weighted by Gasteiger charge is -2.27. The summed E-state index contributed by atoms with van der Waals surface area (Å²) in [6.07, 6.45) is 0. The van der Waals surface area contributed by atoms with Crippen LogP contribution in [-0.2, 0) is 43.3 Å². The first kappa shape index (κ1) is 78.0. The standard InChI is InChI=1S/C110H118/c1-103(2,3)95-49-33-25-41-83(95)71-57-72(84-42-26-34-50-96(84)104(4,5)6)62-79(61-71)91-69-93(81-65-75(87-45-29-37-53-99(87)107(13,14)15)59-76(66-81)88-46-30-38-54-100(88)108(16,17)18)94(82-67-77(89-47-31-39-55-101(89)109(19,20)21)60-78(68-82)90-48-32-40-56-102(90)110(22,23)24)70-92(91)80-63-73(85-43-27-35-51-97(85)105(7,8)9)58-74(64-80)86-44-28-36-52-98(86)106(10,11)12/h25-70H,1-24H3. The SMILES string of the molecule is CC(C)(C)c1ccccc1-c1cc(-c2cc(-c3cc(-c4ccccc4C(C)(C)C)cc(-c4ccccc4C(C)(C)C)c3)c(-c3cc(-c4ccccc4C(C)(C)C)cc(-c4ccccc4C(C)(C)C)c3)cc2-c2cc(-c3ccccc3C(C)(C)C)cc(-c3ccccc3C(C)(C)C)c2)cc(-c2ccccc2C(C)(C)C)c1. The van der Waals surface area contributed by atoms with E-state index in [-0.39, 0.29) is 43.3 Å². The third-order valence-electron chi connectivity index (χ3n) is 22.5. The summed E-state index contributed by atoms with van der Waals surface area (Å²) < 4.78 is 0. The van der Waals surface area contributed by atoms with Crippen LogP contribution in [-0.4, -0.2) is 0 Å². The first-order valence-corrected chi connectivity index (χ1v) is 40.2. The molecule has 0 saturated heterocycles. The Bertz CT molecular complexity index is 4600. The van der Waals surface area contributed by atoms with Crippen LogP contribution < -0.4 is 0 Å². The molecule has 0 nitrogen and oxygen atoms in total. The van der Waals surface area contributed by atoms with Crippen LogP contribution in [0.2, 0.25) is 0 Å². The Morgan fingerprint density at radius 1 is 0.109 bits per heavy atom. The minimum absolute atomic E-state index is 0.159. The van der Waals surface area contributed by atoms with Gasteiger partial charge in [-0.3, -0.25) is 0 Å². The lowest BCUT2D eigenvalue weighted by molar-refractivity contribution is 0.591. The summed E-state index contributed by atoms with van der Waals surface area (Å²) in [5.41, 5.74) is 37.7. The van der Waals surface area contributed by atoms with Gasteiger partial charge in [-0.25, -0.2) is 0 Å². The maximum atomic E-state index is 2.64. The van der Waals surface area contributed by atoms with Crippen LogP contribution in [0.4, 0.5) is 0 Å². The zero-order valence-electron chi connectivity index (χ0n) is 70.6. The Hall–Kier alpha value is -10.1. The minimum Gasteiger partial charge on any atom is -0.0619 e. The Labute approximate surface area is 662 Å². The zero-order chi connectivity index (χ0) is 79.0. The Balaban J connectivity index is 1.31. The summed E-state index contributed by atoms with van der Waals surface area (Å²) in [5, 5.41) is 0. The first-order valence-electron chi connectivity index (χ1n) is 40.2. The van der Waals surface area contributed by atoms with Gasteiger partial charge < -0.3 is 0 Å². The normalized spacial score (nSPS) is 12.7. The van der Waals surface area contributed by atoms with Crippen LogP contribution in [0.3, 0.4) is 0 Å². The number of rotatable bonds is 12. The molecular weight excluding hydrogens is 1320 g/mol. The van der Waals surface area contributed by atoms with E-state index in [0.29, 0.717) is 0 Å². The minimum atomic E-state index is -0.159. The summed E-state index contributed by atoms with van der Waals surface area (Å²) in [5.74, 6) is 0. The van der Waals surface area contributed by atoms with Gasteiger partial charge in [0.15, 0.2) is 0 Å². The van der Waals surface area contributed by atoms with E-state index in [4.69, 9.17) is 0 Å². The molecule has 13 rings (SSSR count). The second-order valence-corrected chi connectivity index (χ2v) is 39.5. The van der Waals surface area contributed by atoms with Gasteiger partial charge in [-0.2, -0.15) is 0 Å². The molecule has 0 aliphatic rings. The molecule has 13 aromatic rings. The topological polar surface area (TPSA) is 0 Å². The zero-order valence-corrected chi connectivity index (χ0v) is 70.6. The van der Waals surface area contributed by atoms with E-state index in [1.165, 1.54) is 134 Å². The van der Waals surface area contributed by atoms with Gasteiger partial charge in [0, 0.05) is 0 Å². The van der Waals surface area contributed by atoms with Gasteiger partial charge in [0.05, 0.1) is 0 Å². The second kappa shape index (κ2) is 29.3. The highest BCUT2D eigenvalue weighted by Gasteiger charge is 2.31. The van der Waals surface area contributed by atoms with Crippen LogP contribution in [0.25, 0.3) is 134 Å². The summed E-state index contributed by atoms with van der Waals surface area (Å²) in [6, 6.07) is 109. The quantitative estimate of drug-likeness (QED) is 0.114. The summed E-state index contributed by atoms with van der Waals surface area (Å²) in [7, 11) is 0. The van der Waals surface area contributed by atoms with Crippen LogP contribution in [0.5, 0.6) is 0 Å². The molecule has 0 bridgehead atoms. The molecule has 0 amide bonds. The molecule has 0 fully saturated rings. The Morgan fingerprint density at radius 2 is 0.200 bits per heavy atom. The van der Waals surface area contributed by atoms with Crippen molar-refractivity contribution >= 4 is 0 Å². The molecule has 0 radical (unpaired) electrons. The summed E-state index contributed by atoms with van der Waals surface area (Å²) in [6.45, 7) is 56.7. The smallest absolute Gasteiger partial charge is 0.00984 e. The summed E-state index contributed by atoms with van der Waals surface area (Å²) >= 11 is 0. The molecule has 0 aliphatic carbocycles. The van der Waals surface area contributed by atoms with E-state index in [9.17, 15) is 0 Å². The van der Waals surface area contributed by atoms with Crippen molar-refractivity contribution < 1.29 is 0 Å². The van der Waals surface area contributed by atoms with Crippen molar-refractivity contribution in [3.8, 4) is 134 Å². The fraction of sp³-hybridized carbons (Fsp3) is 0.291. The lowest BCUT2D eigenvalue weighted by Crippen LogP contribution is -2.13. The van der Waals surface area contributed by atoms with Gasteiger partial charge in [-0.15, -0.1) is 0 Å². The molecule has 0 unspecified atom stereocenters. The largest absolute Gasteiger partial charge is 0.0619 e. The third-order valence-corrected chi connectivity index (χ3v) is 22.5. The molecule has 0 atom stereocenters. The van der Waals surface area contributed by atoms with Crippen molar-refractivity contribution in [3.05, 3.63) is 324 Å². The number of hydrogen-bond donors (Lipinski definition) is 0. The van der Waals surface area contributed by atoms with Gasteiger partial charge in [-0.05, 0) is 306 Å². The molecular formula is C110H118. The molecule has 558 valence electrons. The van der Waals surface area contributed by atoms with E-state index in [2.05, 4.69) is 445 Å². The molecule has 0 N–H and O–H groups in total. The average Bonchev–Trinajstić information content (AvgIpc) is 0.737. The molecule has 0 spiro atoms. The molecule has 0 heteroatoms. The monoisotopic (exact) mass is 1440 g/mol.